The first-order valence-electron chi connectivity index (χ1n) is 14.5. The van der Waals surface area contributed by atoms with Crippen molar-refractivity contribution in [3.05, 3.63) is 47.8 Å². The Labute approximate surface area is 246 Å². The van der Waals surface area contributed by atoms with Crippen LogP contribution in [0.4, 0.5) is 0 Å². The summed E-state index contributed by atoms with van der Waals surface area (Å²) in [6.07, 6.45) is 4.23. The summed E-state index contributed by atoms with van der Waals surface area (Å²) in [6.45, 7) is 4.43. The lowest BCUT2D eigenvalue weighted by molar-refractivity contribution is -0.174. The number of aromatic amines is 1. The van der Waals surface area contributed by atoms with Crippen LogP contribution in [-0.2, 0) is 38.0 Å². The molecule has 1 saturated heterocycles. The van der Waals surface area contributed by atoms with Crippen molar-refractivity contribution in [3.63, 3.8) is 0 Å². The monoisotopic (exact) mass is 589 g/mol. The first-order chi connectivity index (χ1) is 20.2. The van der Waals surface area contributed by atoms with Gasteiger partial charge in [-0.05, 0) is 24.6 Å². The van der Waals surface area contributed by atoms with Gasteiger partial charge >= 0.3 is 11.9 Å². The van der Waals surface area contributed by atoms with Gasteiger partial charge in [0.1, 0.15) is 35.7 Å². The van der Waals surface area contributed by atoms with E-state index in [9.17, 15) is 14.7 Å². The number of esters is 2. The zero-order chi connectivity index (χ0) is 30.2. The maximum absolute atomic E-state index is 13.9. The van der Waals surface area contributed by atoms with Crippen molar-refractivity contribution in [2.24, 2.45) is 35.5 Å². The molecule has 11 heteroatoms. The lowest BCUT2D eigenvalue weighted by atomic mass is 9.56. The van der Waals surface area contributed by atoms with Crippen molar-refractivity contribution in [2.75, 3.05) is 48.3 Å². The lowest BCUT2D eigenvalue weighted by Crippen LogP contribution is -2.59. The molecular formula is C31H43NO10. The fraction of sp³-hybridized carbons (Fsp3) is 0.677. The Morgan fingerprint density at radius 3 is 2.55 bits per heavy atom. The lowest BCUT2D eigenvalue weighted by Gasteiger charge is -2.49. The average Bonchev–Trinajstić information content (AvgIpc) is 3.57. The second kappa shape index (κ2) is 12.6. The van der Waals surface area contributed by atoms with Crippen molar-refractivity contribution in [2.45, 2.75) is 50.0 Å². The summed E-state index contributed by atoms with van der Waals surface area (Å²) in [5.41, 5.74) is 0.0867. The van der Waals surface area contributed by atoms with E-state index in [0.29, 0.717) is 5.69 Å². The minimum atomic E-state index is -1.09. The fourth-order valence-electron chi connectivity index (χ4n) is 7.82. The van der Waals surface area contributed by atoms with E-state index in [4.69, 9.17) is 33.2 Å². The van der Waals surface area contributed by atoms with Gasteiger partial charge in [-0.1, -0.05) is 25.2 Å². The van der Waals surface area contributed by atoms with E-state index in [1.807, 2.05) is 26.0 Å². The van der Waals surface area contributed by atoms with Crippen molar-refractivity contribution in [1.29, 1.82) is 0 Å². The molecule has 3 heterocycles. The van der Waals surface area contributed by atoms with Crippen LogP contribution in [0.15, 0.2) is 42.1 Å². The second-order valence-electron chi connectivity index (χ2n) is 11.9. The van der Waals surface area contributed by atoms with Crippen molar-refractivity contribution < 1.29 is 47.9 Å². The molecule has 0 radical (unpaired) electrons. The van der Waals surface area contributed by atoms with Gasteiger partial charge in [0, 0.05) is 64.2 Å². The molecule has 42 heavy (non-hydrogen) atoms. The van der Waals surface area contributed by atoms with E-state index in [1.165, 1.54) is 0 Å². The van der Waals surface area contributed by atoms with Gasteiger partial charge in [0.05, 0.1) is 31.8 Å². The number of nitrogens with one attached hydrogen (secondary N) is 1. The SMILES string of the molecule is COC[C@@H]1[C@@H](O)[C@@H]2[C@H]3C=C[C@@H]4[C@@H](COC)C(=O)O[C@H]([C@@H](COC)OC)[C@H](C)/C=C(\C)[C@@]24O[C@H]3[C@@H]1OC(=O)c1ccc[nH]1. The van der Waals surface area contributed by atoms with Crippen LogP contribution in [0.1, 0.15) is 24.3 Å². The fourth-order valence-corrected chi connectivity index (χ4v) is 7.82. The molecule has 4 bridgehead atoms. The Balaban J connectivity index is 1.61. The smallest absolute Gasteiger partial charge is 0.355 e. The average molecular weight is 590 g/mol. The molecule has 5 rings (SSSR count). The molecule has 0 unspecified atom stereocenters. The zero-order valence-corrected chi connectivity index (χ0v) is 25.1. The largest absolute Gasteiger partial charge is 0.459 e. The van der Waals surface area contributed by atoms with Crippen LogP contribution in [0.3, 0.4) is 0 Å². The van der Waals surface area contributed by atoms with Gasteiger partial charge in [-0.3, -0.25) is 4.79 Å². The molecule has 1 aromatic heterocycles. The molecule has 0 amide bonds. The number of carbonyl (C=O) groups is 2. The highest BCUT2D eigenvalue weighted by atomic mass is 16.6. The molecule has 2 aliphatic carbocycles. The molecule has 12 atom stereocenters. The summed E-state index contributed by atoms with van der Waals surface area (Å²) in [5, 5.41) is 12.1. The van der Waals surface area contributed by atoms with E-state index in [-0.39, 0.29) is 31.7 Å². The standard InChI is InChI=1S/C31H43NO10/c1-16-12-17(2)31-21(19(13-36-3)29(34)40-26(16)23(39-6)15-38-5)10-9-18-24(31)25(33)20(14-37-4)27(28(18)42-31)41-30(35)22-8-7-11-32-22/h7-12,16,18-21,23-28,32-33H,13-15H2,1-6H3/b17-12+/t16-,18-,19-,20-,21-,23-,24+,25-,26+,27-,28-,31+/m1/s1. The number of methoxy groups -OCH3 is 4. The van der Waals surface area contributed by atoms with E-state index < -0.39 is 71.7 Å². The molecule has 1 spiro atoms. The van der Waals surface area contributed by atoms with Crippen LogP contribution in [0.2, 0.25) is 0 Å². The quantitative estimate of drug-likeness (QED) is 0.309. The Morgan fingerprint density at radius 2 is 1.90 bits per heavy atom. The molecule has 2 fully saturated rings. The number of hydrogen-bond acceptors (Lipinski definition) is 10. The van der Waals surface area contributed by atoms with E-state index in [2.05, 4.69) is 11.1 Å². The molecule has 4 aliphatic rings. The summed E-state index contributed by atoms with van der Waals surface area (Å²) in [7, 11) is 6.24. The summed E-state index contributed by atoms with van der Waals surface area (Å²) in [6, 6.07) is 3.36. The van der Waals surface area contributed by atoms with Crippen molar-refractivity contribution in [3.8, 4) is 0 Å². The minimum Gasteiger partial charge on any atom is -0.459 e. The Hall–Kier alpha value is -2.54. The van der Waals surface area contributed by atoms with Crippen LogP contribution in [0.5, 0.6) is 0 Å². The van der Waals surface area contributed by atoms with E-state index in [1.54, 1.807) is 46.8 Å². The zero-order valence-electron chi connectivity index (χ0n) is 25.1. The van der Waals surface area contributed by atoms with Crippen molar-refractivity contribution >= 4 is 11.9 Å². The number of aromatic nitrogens is 1. The molecule has 2 aliphatic heterocycles. The van der Waals surface area contributed by atoms with Crippen LogP contribution in [-0.4, -0.2) is 106 Å². The van der Waals surface area contributed by atoms with Gasteiger partial charge < -0.3 is 43.2 Å². The Kier molecular flexibility index (Phi) is 9.27. The number of ether oxygens (including phenoxy) is 7. The van der Waals surface area contributed by atoms with Crippen molar-refractivity contribution in [1.82, 2.24) is 4.98 Å². The van der Waals surface area contributed by atoms with Crippen LogP contribution in [0.25, 0.3) is 0 Å². The molecular weight excluding hydrogens is 546 g/mol. The third-order valence-electron chi connectivity index (χ3n) is 9.61. The molecule has 0 aromatic carbocycles. The highest BCUT2D eigenvalue weighted by Crippen LogP contribution is 2.62. The summed E-state index contributed by atoms with van der Waals surface area (Å²) in [5.74, 6) is -3.75. The number of carbonyl (C=O) groups excluding carboxylic acids is 2. The van der Waals surface area contributed by atoms with E-state index >= 15 is 0 Å². The van der Waals surface area contributed by atoms with Gasteiger partial charge in [0.25, 0.3) is 0 Å². The molecule has 1 aromatic rings. The normalized spacial score (nSPS) is 41.0. The number of aliphatic hydroxyl groups is 1. The number of hydrogen-bond donors (Lipinski definition) is 2. The van der Waals surface area contributed by atoms with Gasteiger partial charge in [0.2, 0.25) is 0 Å². The van der Waals surface area contributed by atoms with E-state index in [0.717, 1.165) is 5.57 Å². The summed E-state index contributed by atoms with van der Waals surface area (Å²) >= 11 is 0. The highest BCUT2D eigenvalue weighted by Gasteiger charge is 2.71. The maximum Gasteiger partial charge on any atom is 0.355 e. The van der Waals surface area contributed by atoms with Crippen LogP contribution < -0.4 is 0 Å². The van der Waals surface area contributed by atoms with Crippen LogP contribution in [0, 0.1) is 35.5 Å². The predicted molar refractivity (Wildman–Crippen MR) is 149 cm³/mol. The number of aliphatic hydroxyl groups excluding tert-OH is 1. The molecule has 2 N–H and O–H groups in total. The van der Waals surface area contributed by atoms with Gasteiger partial charge in [-0.2, -0.15) is 0 Å². The predicted octanol–water partition coefficient (Wildman–Crippen LogP) is 2.17. The number of H-pyrrole nitrogens is 1. The Morgan fingerprint density at radius 1 is 1.14 bits per heavy atom. The molecule has 1 saturated carbocycles. The van der Waals surface area contributed by atoms with Gasteiger partial charge in [-0.15, -0.1) is 0 Å². The Bertz CT molecular complexity index is 1170. The summed E-state index contributed by atoms with van der Waals surface area (Å²) in [4.78, 5) is 30.0. The first kappa shape index (κ1) is 30.9. The van der Waals surface area contributed by atoms with Gasteiger partial charge in [0.15, 0.2) is 0 Å². The maximum atomic E-state index is 13.9. The third kappa shape index (κ3) is 5.03. The number of cyclic esters (lactones) is 1. The number of rotatable bonds is 10. The minimum absolute atomic E-state index is 0.0835. The molecule has 232 valence electrons. The highest BCUT2D eigenvalue weighted by molar-refractivity contribution is 5.87. The first-order valence-corrected chi connectivity index (χ1v) is 14.5. The summed E-state index contributed by atoms with van der Waals surface area (Å²) < 4.78 is 41.5. The van der Waals surface area contributed by atoms with Crippen LogP contribution >= 0.6 is 0 Å². The molecule has 11 nitrogen and oxygen atoms in total. The topological polar surface area (TPSA) is 135 Å². The third-order valence-corrected chi connectivity index (χ3v) is 9.61. The second-order valence-corrected chi connectivity index (χ2v) is 11.9. The van der Waals surface area contributed by atoms with Gasteiger partial charge in [-0.25, -0.2) is 4.79 Å².